The summed E-state index contributed by atoms with van der Waals surface area (Å²) in [4.78, 5) is 18.5. The third kappa shape index (κ3) is 3.98. The molecule has 1 saturated heterocycles. The van der Waals surface area contributed by atoms with E-state index in [-0.39, 0.29) is 23.4 Å². The zero-order chi connectivity index (χ0) is 22.9. The second-order valence-electron chi connectivity index (χ2n) is 8.10. The van der Waals surface area contributed by atoms with Crippen molar-refractivity contribution in [3.63, 3.8) is 0 Å². The molecule has 0 unspecified atom stereocenters. The Bertz CT molecular complexity index is 1210. The van der Waals surface area contributed by atoms with Gasteiger partial charge in [0, 0.05) is 31.9 Å². The van der Waals surface area contributed by atoms with Crippen molar-refractivity contribution in [3.8, 4) is 23.0 Å². The van der Waals surface area contributed by atoms with E-state index in [1.54, 1.807) is 37.0 Å². The number of nitrogens with one attached hydrogen (secondary N) is 1. The lowest BCUT2D eigenvalue weighted by atomic mass is 10.0. The summed E-state index contributed by atoms with van der Waals surface area (Å²) in [6, 6.07) is 9.64. The quantitative estimate of drug-likeness (QED) is 0.574. The highest BCUT2D eigenvalue weighted by Crippen LogP contribution is 2.30. The van der Waals surface area contributed by atoms with Gasteiger partial charge in [-0.25, -0.2) is 9.07 Å². The average molecular weight is 434 g/mol. The number of aliphatic hydroxyl groups is 1. The summed E-state index contributed by atoms with van der Waals surface area (Å²) in [7, 11) is 1.72. The Morgan fingerprint density at radius 3 is 2.88 bits per heavy atom. The molecule has 9 heteroatoms. The van der Waals surface area contributed by atoms with E-state index in [0.29, 0.717) is 48.6 Å². The van der Waals surface area contributed by atoms with Crippen LogP contribution in [0.25, 0.3) is 16.9 Å². The normalized spacial score (nSPS) is 18.0. The van der Waals surface area contributed by atoms with Crippen LogP contribution >= 0.6 is 0 Å². The van der Waals surface area contributed by atoms with E-state index in [1.165, 1.54) is 18.2 Å². The van der Waals surface area contributed by atoms with E-state index in [0.717, 1.165) is 0 Å². The number of rotatable bonds is 6. The summed E-state index contributed by atoms with van der Waals surface area (Å²) in [6.45, 7) is 3.18. The molecule has 1 fully saturated rings. The molecule has 2 aromatic heterocycles. The van der Waals surface area contributed by atoms with E-state index in [2.05, 4.69) is 15.4 Å². The molecule has 0 radical (unpaired) electrons. The number of β-amino-alcohol motifs (C(OH)–C–C–N with tert-alkyl or cyclic N) is 1. The summed E-state index contributed by atoms with van der Waals surface area (Å²) < 4.78 is 16.3. The third-order valence-electron chi connectivity index (χ3n) is 5.57. The van der Waals surface area contributed by atoms with Crippen molar-refractivity contribution >= 4 is 12.1 Å². The molecular weight excluding hydrogens is 411 g/mol. The zero-order valence-corrected chi connectivity index (χ0v) is 17.8. The smallest absolute Gasteiger partial charge is 0.154 e. The van der Waals surface area contributed by atoms with Gasteiger partial charge < -0.3 is 15.3 Å². The van der Waals surface area contributed by atoms with Crippen molar-refractivity contribution < 1.29 is 14.3 Å². The number of nitriles is 1. The number of carbonyl (C=O) groups excluding carboxylic acids is 1. The summed E-state index contributed by atoms with van der Waals surface area (Å²) in [5.41, 5.74) is 0.864. The van der Waals surface area contributed by atoms with Gasteiger partial charge in [-0.3, -0.25) is 9.78 Å². The maximum absolute atomic E-state index is 14.7. The fourth-order valence-corrected chi connectivity index (χ4v) is 3.98. The van der Waals surface area contributed by atoms with Crippen LogP contribution in [0, 0.1) is 17.1 Å². The SMILES string of the molecule is CNCc1nc(-c2c(F)cccc2C#N)cc(-n2ccc(N3CC[C@@](C)(O)C3)n2)c1C=O. The van der Waals surface area contributed by atoms with Gasteiger partial charge >= 0.3 is 0 Å². The number of benzene rings is 1. The maximum Gasteiger partial charge on any atom is 0.154 e. The predicted molar refractivity (Wildman–Crippen MR) is 117 cm³/mol. The van der Waals surface area contributed by atoms with Gasteiger partial charge in [0.2, 0.25) is 0 Å². The van der Waals surface area contributed by atoms with E-state index < -0.39 is 11.4 Å². The van der Waals surface area contributed by atoms with Crippen LogP contribution in [0.5, 0.6) is 0 Å². The number of anilines is 1. The molecule has 3 heterocycles. The molecule has 0 spiro atoms. The Morgan fingerprint density at radius 1 is 1.41 bits per heavy atom. The van der Waals surface area contributed by atoms with Crippen LogP contribution in [0.3, 0.4) is 0 Å². The van der Waals surface area contributed by atoms with Crippen LogP contribution < -0.4 is 10.2 Å². The fourth-order valence-electron chi connectivity index (χ4n) is 3.98. The highest BCUT2D eigenvalue weighted by atomic mass is 19.1. The largest absolute Gasteiger partial charge is 0.388 e. The molecular formula is C23H23FN6O2. The van der Waals surface area contributed by atoms with Gasteiger partial charge in [0.05, 0.1) is 45.4 Å². The number of nitrogens with zero attached hydrogens (tertiary/aromatic N) is 5. The van der Waals surface area contributed by atoms with Gasteiger partial charge in [0.1, 0.15) is 5.82 Å². The van der Waals surface area contributed by atoms with Crippen LogP contribution in [0.15, 0.2) is 36.5 Å². The molecule has 1 atom stereocenters. The lowest BCUT2D eigenvalue weighted by molar-refractivity contribution is 0.0839. The first kappa shape index (κ1) is 21.6. The standard InChI is InChI=1S/C23H23FN6O2/c1-23(32)7-9-29(14-23)21-6-8-30(28-21)20-10-18(27-19(12-26-2)16(20)13-31)22-15(11-25)4-3-5-17(22)24/h3-6,8,10,13,26,32H,7,9,12,14H2,1-2H3/t23-/m1/s1. The molecule has 3 aromatic rings. The first-order valence-electron chi connectivity index (χ1n) is 10.2. The molecule has 8 nitrogen and oxygen atoms in total. The van der Waals surface area contributed by atoms with Crippen molar-refractivity contribution in [1.82, 2.24) is 20.1 Å². The first-order chi connectivity index (χ1) is 15.4. The number of halogens is 1. The Hall–Kier alpha value is -3.61. The molecule has 164 valence electrons. The van der Waals surface area contributed by atoms with Crippen LogP contribution in [-0.2, 0) is 6.54 Å². The summed E-state index contributed by atoms with van der Waals surface area (Å²) in [6.07, 6.45) is 3.05. The number of pyridine rings is 1. The van der Waals surface area contributed by atoms with Gasteiger partial charge in [-0.2, -0.15) is 10.4 Å². The van der Waals surface area contributed by atoms with Crippen molar-refractivity contribution in [1.29, 1.82) is 5.26 Å². The molecule has 0 bridgehead atoms. The number of hydrogen-bond acceptors (Lipinski definition) is 7. The lowest BCUT2D eigenvalue weighted by Crippen LogP contribution is -2.29. The van der Waals surface area contributed by atoms with Crippen LogP contribution in [0.4, 0.5) is 10.2 Å². The summed E-state index contributed by atoms with van der Waals surface area (Å²) in [5, 5.41) is 27.3. The number of carbonyl (C=O) groups is 1. The van der Waals surface area contributed by atoms with Crippen LogP contribution in [0.1, 0.15) is 35.0 Å². The minimum absolute atomic E-state index is 0.0778. The van der Waals surface area contributed by atoms with Gasteiger partial charge in [-0.1, -0.05) is 6.07 Å². The van der Waals surface area contributed by atoms with Gasteiger partial charge in [-0.05, 0) is 38.6 Å². The van der Waals surface area contributed by atoms with Gasteiger partial charge in [0.15, 0.2) is 12.1 Å². The van der Waals surface area contributed by atoms with Gasteiger partial charge in [0.25, 0.3) is 0 Å². The Labute approximate surface area is 184 Å². The predicted octanol–water partition coefficient (Wildman–Crippen LogP) is 2.44. The number of hydrogen-bond donors (Lipinski definition) is 2. The third-order valence-corrected chi connectivity index (χ3v) is 5.57. The van der Waals surface area contributed by atoms with E-state index >= 15 is 0 Å². The van der Waals surface area contributed by atoms with Crippen molar-refractivity contribution in [2.45, 2.75) is 25.5 Å². The Balaban J connectivity index is 1.86. The second kappa shape index (κ2) is 8.49. The fraction of sp³-hybridized carbons (Fsp3) is 0.304. The number of aromatic nitrogens is 3. The summed E-state index contributed by atoms with van der Waals surface area (Å²) >= 11 is 0. The lowest BCUT2D eigenvalue weighted by Gasteiger charge is -2.18. The highest BCUT2D eigenvalue weighted by Gasteiger charge is 2.32. The van der Waals surface area contributed by atoms with Crippen LogP contribution in [0.2, 0.25) is 0 Å². The second-order valence-corrected chi connectivity index (χ2v) is 8.10. The van der Waals surface area contributed by atoms with E-state index in [1.807, 2.05) is 11.0 Å². The maximum atomic E-state index is 14.7. The van der Waals surface area contributed by atoms with E-state index in [4.69, 9.17) is 0 Å². The Kier molecular flexibility index (Phi) is 5.74. The van der Waals surface area contributed by atoms with Crippen molar-refractivity contribution in [2.24, 2.45) is 0 Å². The van der Waals surface area contributed by atoms with Gasteiger partial charge in [-0.15, -0.1) is 0 Å². The molecule has 4 rings (SSSR count). The number of aldehydes is 1. The van der Waals surface area contributed by atoms with E-state index in [9.17, 15) is 19.6 Å². The molecule has 32 heavy (non-hydrogen) atoms. The summed E-state index contributed by atoms with van der Waals surface area (Å²) in [5.74, 6) is 0.0916. The Morgan fingerprint density at radius 2 is 2.22 bits per heavy atom. The zero-order valence-electron chi connectivity index (χ0n) is 17.8. The van der Waals surface area contributed by atoms with Crippen molar-refractivity contribution in [2.75, 3.05) is 25.0 Å². The van der Waals surface area contributed by atoms with Crippen LogP contribution in [-0.4, -0.2) is 51.9 Å². The minimum atomic E-state index is -0.778. The molecule has 1 aromatic carbocycles. The molecule has 1 aliphatic heterocycles. The molecule has 0 saturated carbocycles. The monoisotopic (exact) mass is 434 g/mol. The molecule has 0 aliphatic carbocycles. The highest BCUT2D eigenvalue weighted by molar-refractivity contribution is 5.84. The first-order valence-corrected chi connectivity index (χ1v) is 10.2. The molecule has 2 N–H and O–H groups in total. The average Bonchev–Trinajstić information content (AvgIpc) is 3.39. The molecule has 1 aliphatic rings. The van der Waals surface area contributed by atoms with Crippen molar-refractivity contribution in [3.05, 3.63) is 59.2 Å². The molecule has 0 amide bonds. The topological polar surface area (TPSA) is 107 Å². The minimum Gasteiger partial charge on any atom is -0.388 e.